The highest BCUT2D eigenvalue weighted by Crippen LogP contribution is 2.48. The van der Waals surface area contributed by atoms with Crippen LogP contribution in [0.3, 0.4) is 0 Å². The SMILES string of the molecule is c1ccc(-n2c3ccccc3c3cc(N(c4ccc5oc6ccccc6c5c4)c4cccc5c4-c4ccccc4C5)ccc32)cc1. The third-order valence-corrected chi connectivity index (χ3v) is 9.58. The summed E-state index contributed by atoms with van der Waals surface area (Å²) >= 11 is 0. The number of hydrogen-bond donors (Lipinski definition) is 0. The molecule has 2 heterocycles. The van der Waals surface area contributed by atoms with E-state index in [2.05, 4.69) is 155 Å². The lowest BCUT2D eigenvalue weighted by atomic mass is 10.0. The standard InChI is InChI=1S/C43H28N2O/c1-2-13-30(14-3-1)45-38-18-8-6-16-34(38)36-26-31(21-23-39(36)45)44(32-22-24-42-37(27-32)35-17-7-9-20-41(35)46-42)40-19-10-12-29-25-28-11-4-5-15-33(28)43(29)40/h1-24,26-27H,25H2. The van der Waals surface area contributed by atoms with Gasteiger partial charge in [-0.1, -0.05) is 91.0 Å². The van der Waals surface area contributed by atoms with Crippen molar-refractivity contribution >= 4 is 60.8 Å². The molecule has 0 amide bonds. The number of hydrogen-bond acceptors (Lipinski definition) is 2. The zero-order valence-corrected chi connectivity index (χ0v) is 25.0. The Bertz CT molecular complexity index is 2620. The van der Waals surface area contributed by atoms with E-state index in [9.17, 15) is 0 Å². The minimum atomic E-state index is 0.898. The van der Waals surface area contributed by atoms with Gasteiger partial charge < -0.3 is 13.9 Å². The number of para-hydroxylation sites is 3. The number of rotatable bonds is 4. The molecule has 3 nitrogen and oxygen atoms in total. The minimum absolute atomic E-state index is 0.898. The molecule has 0 saturated carbocycles. The Labute approximate surface area is 266 Å². The summed E-state index contributed by atoms with van der Waals surface area (Å²) in [4.78, 5) is 2.44. The molecule has 0 N–H and O–H groups in total. The molecule has 0 saturated heterocycles. The van der Waals surface area contributed by atoms with Crippen molar-refractivity contribution in [3.63, 3.8) is 0 Å². The first-order chi connectivity index (χ1) is 22.8. The van der Waals surface area contributed by atoms with Gasteiger partial charge in [-0.2, -0.15) is 0 Å². The Morgan fingerprint density at radius 1 is 0.478 bits per heavy atom. The highest BCUT2D eigenvalue weighted by Gasteiger charge is 2.26. The van der Waals surface area contributed by atoms with Crippen molar-refractivity contribution < 1.29 is 4.42 Å². The number of nitrogens with zero attached hydrogens (tertiary/aromatic N) is 2. The Kier molecular flexibility index (Phi) is 5.34. The smallest absolute Gasteiger partial charge is 0.135 e. The largest absolute Gasteiger partial charge is 0.456 e. The number of anilines is 3. The summed E-state index contributed by atoms with van der Waals surface area (Å²) < 4.78 is 8.62. The van der Waals surface area contributed by atoms with E-state index in [1.54, 1.807) is 0 Å². The number of benzene rings is 7. The minimum Gasteiger partial charge on any atom is -0.456 e. The predicted molar refractivity (Wildman–Crippen MR) is 191 cm³/mol. The summed E-state index contributed by atoms with van der Waals surface area (Å²) in [5, 5.41) is 4.71. The summed E-state index contributed by atoms with van der Waals surface area (Å²) in [6.07, 6.45) is 0.947. The molecule has 0 atom stereocenters. The molecule has 7 aromatic carbocycles. The van der Waals surface area contributed by atoms with Crippen LogP contribution in [-0.2, 0) is 6.42 Å². The van der Waals surface area contributed by atoms with E-state index in [1.165, 1.54) is 49.7 Å². The zero-order chi connectivity index (χ0) is 30.2. The summed E-state index contributed by atoms with van der Waals surface area (Å²) in [5.74, 6) is 0. The van der Waals surface area contributed by atoms with Crippen molar-refractivity contribution in [3.05, 3.63) is 169 Å². The monoisotopic (exact) mass is 588 g/mol. The van der Waals surface area contributed by atoms with Gasteiger partial charge in [0.25, 0.3) is 0 Å². The normalized spacial score (nSPS) is 12.3. The lowest BCUT2D eigenvalue weighted by Gasteiger charge is -2.28. The molecule has 216 valence electrons. The highest BCUT2D eigenvalue weighted by molar-refractivity contribution is 6.11. The van der Waals surface area contributed by atoms with E-state index in [1.807, 2.05) is 12.1 Å². The van der Waals surface area contributed by atoms with Crippen molar-refractivity contribution in [2.75, 3.05) is 4.90 Å². The molecule has 0 spiro atoms. The number of aromatic nitrogens is 1. The van der Waals surface area contributed by atoms with Crippen LogP contribution in [0.1, 0.15) is 11.1 Å². The van der Waals surface area contributed by atoms with Gasteiger partial charge in [0.2, 0.25) is 0 Å². The summed E-state index contributed by atoms with van der Waals surface area (Å²) in [6.45, 7) is 0. The van der Waals surface area contributed by atoms with Gasteiger partial charge >= 0.3 is 0 Å². The summed E-state index contributed by atoms with van der Waals surface area (Å²) in [7, 11) is 0. The third kappa shape index (κ3) is 3.66. The Balaban J connectivity index is 1.26. The molecule has 0 bridgehead atoms. The van der Waals surface area contributed by atoms with Gasteiger partial charge in [0, 0.05) is 44.2 Å². The Morgan fingerprint density at radius 3 is 2.07 bits per heavy atom. The molecule has 0 unspecified atom stereocenters. The van der Waals surface area contributed by atoms with Crippen molar-refractivity contribution in [3.8, 4) is 16.8 Å². The van der Waals surface area contributed by atoms with Crippen molar-refractivity contribution in [1.29, 1.82) is 0 Å². The van der Waals surface area contributed by atoms with Crippen LogP contribution in [0.15, 0.2) is 162 Å². The van der Waals surface area contributed by atoms with Gasteiger partial charge in [0.05, 0.1) is 16.7 Å². The maximum Gasteiger partial charge on any atom is 0.135 e. The van der Waals surface area contributed by atoms with Crippen LogP contribution in [0.5, 0.6) is 0 Å². The molecule has 0 fully saturated rings. The van der Waals surface area contributed by atoms with Crippen LogP contribution in [0.2, 0.25) is 0 Å². The first kappa shape index (κ1) is 25.3. The first-order valence-corrected chi connectivity index (χ1v) is 15.8. The molecule has 10 rings (SSSR count). The van der Waals surface area contributed by atoms with Gasteiger partial charge in [-0.15, -0.1) is 0 Å². The number of fused-ring (bicyclic) bond motifs is 9. The van der Waals surface area contributed by atoms with E-state index in [0.717, 1.165) is 45.4 Å². The molecule has 46 heavy (non-hydrogen) atoms. The molecular weight excluding hydrogens is 560 g/mol. The average molecular weight is 589 g/mol. The zero-order valence-electron chi connectivity index (χ0n) is 25.0. The maximum atomic E-state index is 6.25. The molecule has 3 heteroatoms. The quantitative estimate of drug-likeness (QED) is 0.204. The first-order valence-electron chi connectivity index (χ1n) is 15.8. The molecule has 9 aromatic rings. The second-order valence-corrected chi connectivity index (χ2v) is 12.1. The third-order valence-electron chi connectivity index (χ3n) is 9.58. The van der Waals surface area contributed by atoms with E-state index in [0.29, 0.717) is 0 Å². The summed E-state index contributed by atoms with van der Waals surface area (Å²) in [5.41, 5.74) is 14.1. The Hall–Kier alpha value is -6.06. The molecule has 2 aromatic heterocycles. The number of furan rings is 1. The van der Waals surface area contributed by atoms with E-state index in [-0.39, 0.29) is 0 Å². The topological polar surface area (TPSA) is 21.3 Å². The lowest BCUT2D eigenvalue weighted by molar-refractivity contribution is 0.669. The maximum absolute atomic E-state index is 6.25. The van der Waals surface area contributed by atoms with E-state index >= 15 is 0 Å². The van der Waals surface area contributed by atoms with Crippen molar-refractivity contribution in [2.24, 2.45) is 0 Å². The fourth-order valence-corrected chi connectivity index (χ4v) is 7.59. The highest BCUT2D eigenvalue weighted by atomic mass is 16.3. The fourth-order valence-electron chi connectivity index (χ4n) is 7.59. The van der Waals surface area contributed by atoms with Crippen LogP contribution in [0.25, 0.3) is 60.6 Å². The van der Waals surface area contributed by atoms with Gasteiger partial charge in [-0.05, 0) is 89.8 Å². The van der Waals surface area contributed by atoms with Crippen LogP contribution >= 0.6 is 0 Å². The second kappa shape index (κ2) is 9.72. The van der Waals surface area contributed by atoms with E-state index in [4.69, 9.17) is 4.42 Å². The van der Waals surface area contributed by atoms with Crippen LogP contribution < -0.4 is 4.90 Å². The lowest BCUT2D eigenvalue weighted by Crippen LogP contribution is -2.11. The van der Waals surface area contributed by atoms with Crippen molar-refractivity contribution in [2.45, 2.75) is 6.42 Å². The fraction of sp³-hybridized carbons (Fsp3) is 0.0233. The van der Waals surface area contributed by atoms with Crippen LogP contribution in [-0.4, -0.2) is 4.57 Å². The molecule has 0 radical (unpaired) electrons. The molecule has 1 aliphatic carbocycles. The molecule has 0 aliphatic heterocycles. The average Bonchev–Trinajstić information content (AvgIpc) is 3.78. The van der Waals surface area contributed by atoms with Crippen LogP contribution in [0.4, 0.5) is 17.1 Å². The predicted octanol–water partition coefficient (Wildman–Crippen LogP) is 11.7. The molecule has 1 aliphatic rings. The van der Waals surface area contributed by atoms with Gasteiger partial charge in [0.15, 0.2) is 0 Å². The van der Waals surface area contributed by atoms with Crippen LogP contribution in [0, 0.1) is 0 Å². The van der Waals surface area contributed by atoms with Gasteiger partial charge in [-0.3, -0.25) is 0 Å². The van der Waals surface area contributed by atoms with Gasteiger partial charge in [-0.25, -0.2) is 0 Å². The Morgan fingerprint density at radius 2 is 1.15 bits per heavy atom. The van der Waals surface area contributed by atoms with E-state index < -0.39 is 0 Å². The summed E-state index contributed by atoms with van der Waals surface area (Å²) in [6, 6.07) is 56.8. The van der Waals surface area contributed by atoms with Gasteiger partial charge in [0.1, 0.15) is 11.2 Å². The second-order valence-electron chi connectivity index (χ2n) is 12.1. The van der Waals surface area contributed by atoms with Crippen molar-refractivity contribution in [1.82, 2.24) is 4.57 Å². The molecular formula is C43H28N2O.